The van der Waals surface area contributed by atoms with E-state index in [1.807, 2.05) is 20.8 Å². The van der Waals surface area contributed by atoms with Crippen LogP contribution in [-0.2, 0) is 0 Å². The summed E-state index contributed by atoms with van der Waals surface area (Å²) in [5, 5.41) is 5.60. The number of nitrogens with two attached hydrogens (primary N) is 1. The summed E-state index contributed by atoms with van der Waals surface area (Å²) < 4.78 is 0. The maximum atomic E-state index is 12.3. The monoisotopic (exact) mass is 359 g/mol. The SMILES string of the molecule is C=C(C=Nc1[nH]cc(C(=O)C(C)(C)C)c1N)NC(=O)NC1CCCCC1. The number of urea groups is 1. The van der Waals surface area contributed by atoms with Gasteiger partial charge in [-0.15, -0.1) is 0 Å². The lowest BCUT2D eigenvalue weighted by atomic mass is 9.87. The van der Waals surface area contributed by atoms with Crippen LogP contribution in [0.1, 0.15) is 63.2 Å². The Labute approximate surface area is 154 Å². The number of nitrogen functional groups attached to an aromatic ring is 1. The lowest BCUT2D eigenvalue weighted by Gasteiger charge is -2.22. The number of carbonyl (C=O) groups excluding carboxylic acids is 2. The number of rotatable bonds is 5. The molecule has 2 amide bonds. The van der Waals surface area contributed by atoms with Crippen LogP contribution < -0.4 is 16.4 Å². The molecule has 26 heavy (non-hydrogen) atoms. The molecule has 1 aromatic heterocycles. The molecule has 1 heterocycles. The van der Waals surface area contributed by atoms with Crippen molar-refractivity contribution in [2.75, 3.05) is 5.73 Å². The average Bonchev–Trinajstić information content (AvgIpc) is 2.92. The van der Waals surface area contributed by atoms with Crippen LogP contribution in [0, 0.1) is 5.41 Å². The fourth-order valence-electron chi connectivity index (χ4n) is 2.91. The Bertz CT molecular complexity index is 706. The van der Waals surface area contributed by atoms with Gasteiger partial charge in [-0.25, -0.2) is 9.79 Å². The number of allylic oxidation sites excluding steroid dienone is 1. The molecule has 0 aromatic carbocycles. The first-order valence-electron chi connectivity index (χ1n) is 9.00. The predicted molar refractivity (Wildman–Crippen MR) is 105 cm³/mol. The summed E-state index contributed by atoms with van der Waals surface area (Å²) in [6.07, 6.45) is 8.52. The number of carbonyl (C=O) groups is 2. The first-order valence-corrected chi connectivity index (χ1v) is 9.00. The fourth-order valence-corrected chi connectivity index (χ4v) is 2.91. The summed E-state index contributed by atoms with van der Waals surface area (Å²) in [5.41, 5.74) is 6.54. The molecule has 1 aliphatic carbocycles. The second kappa shape index (κ2) is 8.21. The molecule has 0 spiro atoms. The standard InChI is InChI=1S/C19H29N5O2/c1-12(23-18(26)24-13-8-6-5-7-9-13)10-21-17-15(20)14(11-22-17)16(25)19(2,3)4/h10-11,13,22H,1,5-9,20H2,2-4H3,(H2,23,24,26). The number of hydrogen-bond donors (Lipinski definition) is 4. The van der Waals surface area contributed by atoms with Gasteiger partial charge in [-0.3, -0.25) is 4.79 Å². The zero-order valence-corrected chi connectivity index (χ0v) is 15.8. The zero-order valence-electron chi connectivity index (χ0n) is 15.8. The van der Waals surface area contributed by atoms with Crippen molar-refractivity contribution >= 4 is 29.5 Å². The van der Waals surface area contributed by atoms with Crippen molar-refractivity contribution in [2.45, 2.75) is 58.9 Å². The molecule has 0 bridgehead atoms. The van der Waals surface area contributed by atoms with Gasteiger partial charge in [-0.2, -0.15) is 0 Å². The molecule has 0 unspecified atom stereocenters. The highest BCUT2D eigenvalue weighted by Gasteiger charge is 2.26. The molecule has 2 rings (SSSR count). The molecule has 1 fully saturated rings. The van der Waals surface area contributed by atoms with Gasteiger partial charge in [0.25, 0.3) is 0 Å². The number of anilines is 1. The summed E-state index contributed by atoms with van der Waals surface area (Å²) in [4.78, 5) is 31.4. The van der Waals surface area contributed by atoms with Crippen molar-refractivity contribution in [3.63, 3.8) is 0 Å². The quantitative estimate of drug-likeness (QED) is 0.475. The highest BCUT2D eigenvalue weighted by atomic mass is 16.2. The first-order chi connectivity index (χ1) is 12.2. The predicted octanol–water partition coefficient (Wildman–Crippen LogP) is 3.67. The number of hydrogen-bond acceptors (Lipinski definition) is 4. The van der Waals surface area contributed by atoms with Crippen LogP contribution in [0.3, 0.4) is 0 Å². The van der Waals surface area contributed by atoms with Crippen molar-refractivity contribution in [3.05, 3.63) is 24.0 Å². The minimum Gasteiger partial charge on any atom is -0.395 e. The number of aliphatic imine (C=N–C) groups is 1. The molecule has 0 aliphatic heterocycles. The third kappa shape index (κ3) is 5.21. The number of nitrogens with zero attached hydrogens (tertiary/aromatic N) is 1. The molecule has 0 atom stereocenters. The van der Waals surface area contributed by atoms with Gasteiger partial charge in [0.1, 0.15) is 0 Å². The van der Waals surface area contributed by atoms with E-state index >= 15 is 0 Å². The topological polar surface area (TPSA) is 112 Å². The Morgan fingerprint density at radius 3 is 2.58 bits per heavy atom. The van der Waals surface area contributed by atoms with Gasteiger partial charge in [0, 0.05) is 17.7 Å². The fraction of sp³-hybridized carbons (Fsp3) is 0.526. The number of amides is 2. The minimum atomic E-state index is -0.528. The van der Waals surface area contributed by atoms with Crippen LogP contribution in [0.5, 0.6) is 0 Å². The summed E-state index contributed by atoms with van der Waals surface area (Å²) in [7, 11) is 0. The van der Waals surface area contributed by atoms with E-state index in [1.54, 1.807) is 6.20 Å². The maximum absolute atomic E-state index is 12.3. The highest BCUT2D eigenvalue weighted by Crippen LogP contribution is 2.30. The molecular formula is C19H29N5O2. The lowest BCUT2D eigenvalue weighted by Crippen LogP contribution is -2.42. The Hall–Kier alpha value is -2.57. The third-order valence-corrected chi connectivity index (χ3v) is 4.39. The summed E-state index contributed by atoms with van der Waals surface area (Å²) >= 11 is 0. The van der Waals surface area contributed by atoms with Crippen molar-refractivity contribution in [1.82, 2.24) is 15.6 Å². The number of aromatic amines is 1. The molecule has 0 saturated heterocycles. The maximum Gasteiger partial charge on any atom is 0.319 e. The molecule has 142 valence electrons. The normalized spacial score (nSPS) is 15.8. The van der Waals surface area contributed by atoms with Crippen molar-refractivity contribution in [1.29, 1.82) is 0 Å². The van der Waals surface area contributed by atoms with Crippen LogP contribution >= 0.6 is 0 Å². The number of nitrogens with one attached hydrogen (secondary N) is 3. The largest absolute Gasteiger partial charge is 0.395 e. The second-order valence-electron chi connectivity index (χ2n) is 7.76. The number of H-pyrrole nitrogens is 1. The van der Waals surface area contributed by atoms with Gasteiger partial charge in [-0.05, 0) is 12.8 Å². The van der Waals surface area contributed by atoms with Crippen molar-refractivity contribution in [2.24, 2.45) is 10.4 Å². The Kier molecular flexibility index (Phi) is 6.23. The lowest BCUT2D eigenvalue weighted by molar-refractivity contribution is 0.0859. The highest BCUT2D eigenvalue weighted by molar-refractivity contribution is 6.06. The Morgan fingerprint density at radius 2 is 1.96 bits per heavy atom. The van der Waals surface area contributed by atoms with E-state index in [2.05, 4.69) is 27.2 Å². The van der Waals surface area contributed by atoms with E-state index in [0.29, 0.717) is 22.8 Å². The van der Waals surface area contributed by atoms with Crippen LogP contribution in [0.15, 0.2) is 23.5 Å². The van der Waals surface area contributed by atoms with E-state index in [1.165, 1.54) is 12.6 Å². The van der Waals surface area contributed by atoms with E-state index < -0.39 is 5.41 Å². The third-order valence-electron chi connectivity index (χ3n) is 4.39. The van der Waals surface area contributed by atoms with Crippen LogP contribution in [0.2, 0.25) is 0 Å². The minimum absolute atomic E-state index is 0.0588. The first kappa shape index (κ1) is 19.8. The number of aromatic nitrogens is 1. The van der Waals surface area contributed by atoms with Crippen LogP contribution in [0.4, 0.5) is 16.3 Å². The molecule has 7 nitrogen and oxygen atoms in total. The summed E-state index contributed by atoms with van der Waals surface area (Å²) in [6, 6.07) is -0.0603. The van der Waals surface area contributed by atoms with Crippen LogP contribution in [0.25, 0.3) is 0 Å². The van der Waals surface area contributed by atoms with Crippen molar-refractivity contribution < 1.29 is 9.59 Å². The second-order valence-corrected chi connectivity index (χ2v) is 7.76. The molecule has 7 heteroatoms. The van der Waals surface area contributed by atoms with Gasteiger partial charge in [0.2, 0.25) is 0 Å². The van der Waals surface area contributed by atoms with Gasteiger partial charge in [0.05, 0.1) is 23.2 Å². The molecule has 1 saturated carbocycles. The van der Waals surface area contributed by atoms with Crippen molar-refractivity contribution in [3.8, 4) is 0 Å². The molecule has 1 aliphatic rings. The number of Topliss-reactive ketones (excluding diaryl/α,β-unsaturated/α-hetero) is 1. The molecular weight excluding hydrogens is 330 g/mol. The van der Waals surface area contributed by atoms with Gasteiger partial charge >= 0.3 is 6.03 Å². The van der Waals surface area contributed by atoms with Gasteiger partial charge < -0.3 is 21.4 Å². The molecule has 0 radical (unpaired) electrons. The summed E-state index contributed by atoms with van der Waals surface area (Å²) in [5.74, 6) is 0.310. The van der Waals surface area contributed by atoms with Gasteiger partial charge in [-0.1, -0.05) is 46.6 Å². The smallest absolute Gasteiger partial charge is 0.319 e. The zero-order chi connectivity index (χ0) is 19.3. The average molecular weight is 359 g/mol. The van der Waals surface area contributed by atoms with Gasteiger partial charge in [0.15, 0.2) is 11.6 Å². The van der Waals surface area contributed by atoms with Crippen LogP contribution in [-0.4, -0.2) is 29.1 Å². The Balaban J connectivity index is 1.92. The van der Waals surface area contributed by atoms with E-state index in [4.69, 9.17) is 5.73 Å². The van der Waals surface area contributed by atoms with E-state index in [0.717, 1.165) is 25.7 Å². The molecule has 1 aromatic rings. The number of ketones is 1. The van der Waals surface area contributed by atoms with E-state index in [-0.39, 0.29) is 17.9 Å². The molecule has 5 N–H and O–H groups in total. The Morgan fingerprint density at radius 1 is 1.31 bits per heavy atom. The van der Waals surface area contributed by atoms with E-state index in [9.17, 15) is 9.59 Å². The summed E-state index contributed by atoms with van der Waals surface area (Å²) in [6.45, 7) is 9.27.